The summed E-state index contributed by atoms with van der Waals surface area (Å²) in [6.07, 6.45) is 1.57. The Morgan fingerprint density at radius 3 is 2.56 bits per heavy atom. The van der Waals surface area contributed by atoms with Crippen molar-refractivity contribution in [3.63, 3.8) is 0 Å². The standard InChI is InChI=1S/C7H3Br3N2O2S2/c8-7(9,10)16(13,14)6-12-5-4(15-6)2-1-3-11-5/h1-3H. The minimum Gasteiger partial charge on any atom is -0.236 e. The topological polar surface area (TPSA) is 59.9 Å². The predicted octanol–water partition coefficient (Wildman–Crippen LogP) is 3.26. The molecular formula is C7H3Br3N2O2S2. The average molecular weight is 451 g/mol. The van der Waals surface area contributed by atoms with Crippen molar-refractivity contribution in [3.05, 3.63) is 18.3 Å². The molecule has 0 atom stereocenters. The Morgan fingerprint density at radius 1 is 1.31 bits per heavy atom. The zero-order valence-electron chi connectivity index (χ0n) is 7.39. The molecule has 0 aliphatic heterocycles. The third-order valence-corrected chi connectivity index (χ3v) is 8.39. The van der Waals surface area contributed by atoms with E-state index < -0.39 is 11.3 Å². The Balaban J connectivity index is 2.66. The highest BCUT2D eigenvalue weighted by Gasteiger charge is 2.40. The van der Waals surface area contributed by atoms with Gasteiger partial charge in [0.2, 0.25) is 15.7 Å². The van der Waals surface area contributed by atoms with Crippen LogP contribution >= 0.6 is 59.1 Å². The number of alkyl halides is 3. The predicted molar refractivity (Wildman–Crippen MR) is 74.1 cm³/mol. The maximum atomic E-state index is 12.0. The summed E-state index contributed by atoms with van der Waals surface area (Å²) in [7, 11) is -3.62. The third kappa shape index (κ3) is 2.20. The van der Waals surface area contributed by atoms with Gasteiger partial charge in [-0.1, -0.05) is 0 Å². The lowest BCUT2D eigenvalue weighted by atomic mass is 10.5. The van der Waals surface area contributed by atoms with Crippen LogP contribution in [0.5, 0.6) is 0 Å². The molecule has 2 aromatic rings. The van der Waals surface area contributed by atoms with Gasteiger partial charge >= 0.3 is 0 Å². The molecule has 0 bridgehead atoms. The van der Waals surface area contributed by atoms with E-state index in [2.05, 4.69) is 57.8 Å². The maximum Gasteiger partial charge on any atom is 0.241 e. The van der Waals surface area contributed by atoms with Crippen LogP contribution in [0.1, 0.15) is 0 Å². The summed E-state index contributed by atoms with van der Waals surface area (Å²) in [5, 5.41) is 0. The first kappa shape index (κ1) is 12.9. The van der Waals surface area contributed by atoms with E-state index in [-0.39, 0.29) is 4.34 Å². The fraction of sp³-hybridized carbons (Fsp3) is 0.143. The summed E-state index contributed by atoms with van der Waals surface area (Å²) in [6, 6.07) is 3.51. The van der Waals surface area contributed by atoms with Crippen LogP contribution in [0, 0.1) is 0 Å². The Labute approximate surface area is 121 Å². The largest absolute Gasteiger partial charge is 0.241 e. The molecule has 0 spiro atoms. The highest BCUT2D eigenvalue weighted by atomic mass is 80.0. The van der Waals surface area contributed by atoms with E-state index in [9.17, 15) is 8.42 Å². The summed E-state index contributed by atoms with van der Waals surface area (Å²) < 4.78 is 23.4. The molecule has 0 saturated heterocycles. The van der Waals surface area contributed by atoms with Crippen LogP contribution in [0.2, 0.25) is 0 Å². The SMILES string of the molecule is O=S(=O)(c1nc2ncccc2s1)C(Br)(Br)Br. The smallest absolute Gasteiger partial charge is 0.236 e. The molecular weight excluding hydrogens is 448 g/mol. The summed E-state index contributed by atoms with van der Waals surface area (Å²) in [6.45, 7) is 0. The number of nitrogens with zero attached hydrogens (tertiary/aromatic N) is 2. The van der Waals surface area contributed by atoms with Gasteiger partial charge in [-0.05, 0) is 59.9 Å². The number of fused-ring (bicyclic) bond motifs is 1. The highest BCUT2D eigenvalue weighted by Crippen LogP contribution is 2.44. The quantitative estimate of drug-likeness (QED) is 0.626. The van der Waals surface area contributed by atoms with Crippen LogP contribution in [-0.4, -0.2) is 19.9 Å². The second-order valence-corrected chi connectivity index (χ2v) is 14.4. The molecule has 0 aliphatic carbocycles. The number of sulfone groups is 1. The number of aromatic nitrogens is 2. The molecule has 16 heavy (non-hydrogen) atoms. The number of halogens is 3. The van der Waals surface area contributed by atoms with Crippen LogP contribution in [0.15, 0.2) is 22.7 Å². The average Bonchev–Trinajstić information content (AvgIpc) is 2.59. The van der Waals surface area contributed by atoms with Gasteiger partial charge in [0.1, 0.15) is 0 Å². The number of rotatable bonds is 1. The van der Waals surface area contributed by atoms with Crippen molar-refractivity contribution in [1.29, 1.82) is 0 Å². The van der Waals surface area contributed by atoms with Gasteiger partial charge in [-0.25, -0.2) is 18.4 Å². The Kier molecular flexibility index (Phi) is 3.44. The first-order chi connectivity index (χ1) is 7.32. The van der Waals surface area contributed by atoms with Gasteiger partial charge in [0.25, 0.3) is 0 Å². The van der Waals surface area contributed by atoms with Crippen molar-refractivity contribution in [2.45, 2.75) is 5.81 Å². The minimum atomic E-state index is -3.62. The van der Waals surface area contributed by atoms with Gasteiger partial charge in [-0.3, -0.25) is 0 Å². The fourth-order valence-electron chi connectivity index (χ4n) is 0.963. The molecule has 0 aliphatic rings. The zero-order chi connectivity index (χ0) is 12.0. The molecule has 2 rings (SSSR count). The minimum absolute atomic E-state index is 0.00632. The van der Waals surface area contributed by atoms with Gasteiger partial charge in [-0.2, -0.15) is 0 Å². The van der Waals surface area contributed by atoms with Gasteiger partial charge in [0, 0.05) is 6.20 Å². The van der Waals surface area contributed by atoms with Crippen molar-refractivity contribution < 1.29 is 8.42 Å². The van der Waals surface area contributed by atoms with E-state index in [1.54, 1.807) is 18.3 Å². The van der Waals surface area contributed by atoms with E-state index in [0.29, 0.717) is 5.65 Å². The summed E-state index contributed by atoms with van der Waals surface area (Å²) in [5.74, 6) is 0. The molecule has 0 fully saturated rings. The van der Waals surface area contributed by atoms with E-state index >= 15 is 0 Å². The second kappa shape index (κ2) is 4.27. The van der Waals surface area contributed by atoms with Gasteiger partial charge in [0.15, 0.2) is 5.65 Å². The molecule has 0 N–H and O–H groups in total. The van der Waals surface area contributed by atoms with E-state index in [1.807, 2.05) is 0 Å². The maximum absolute atomic E-state index is 12.0. The fourth-order valence-corrected chi connectivity index (χ4v) is 5.45. The first-order valence-electron chi connectivity index (χ1n) is 3.85. The molecule has 0 amide bonds. The third-order valence-electron chi connectivity index (χ3n) is 1.68. The van der Waals surface area contributed by atoms with Gasteiger partial charge in [0.05, 0.1) is 4.70 Å². The molecule has 4 nitrogen and oxygen atoms in total. The van der Waals surface area contributed by atoms with Gasteiger partial charge in [-0.15, -0.1) is 11.3 Å². The molecule has 0 aromatic carbocycles. The number of hydrogen-bond acceptors (Lipinski definition) is 5. The highest BCUT2D eigenvalue weighted by molar-refractivity contribution is 9.42. The van der Waals surface area contributed by atoms with Crippen molar-refractivity contribution in [2.75, 3.05) is 0 Å². The normalized spacial score (nSPS) is 13.2. The molecule has 86 valence electrons. The Bertz CT molecular complexity index is 599. The Hall–Kier alpha value is 0.430. The molecule has 0 radical (unpaired) electrons. The lowest BCUT2D eigenvalue weighted by molar-refractivity contribution is 0.598. The van der Waals surface area contributed by atoms with Crippen LogP contribution in [-0.2, 0) is 9.84 Å². The summed E-state index contributed by atoms with van der Waals surface area (Å²) in [4.78, 5) is 7.97. The van der Waals surface area contributed by atoms with Crippen LogP contribution in [0.25, 0.3) is 10.3 Å². The molecule has 2 aromatic heterocycles. The number of pyridine rings is 1. The number of thiazole rings is 1. The Morgan fingerprint density at radius 2 is 2.00 bits per heavy atom. The summed E-state index contributed by atoms with van der Waals surface area (Å²) in [5.41, 5.74) is 0.433. The van der Waals surface area contributed by atoms with E-state index in [4.69, 9.17) is 0 Å². The van der Waals surface area contributed by atoms with Crippen molar-refractivity contribution in [2.24, 2.45) is 0 Å². The van der Waals surface area contributed by atoms with Crippen LogP contribution in [0.4, 0.5) is 0 Å². The lowest BCUT2D eigenvalue weighted by Gasteiger charge is -2.09. The molecule has 2 heterocycles. The van der Waals surface area contributed by atoms with E-state index in [1.165, 1.54) is 0 Å². The molecule has 0 unspecified atom stereocenters. The first-order valence-corrected chi connectivity index (χ1v) is 8.53. The van der Waals surface area contributed by atoms with E-state index in [0.717, 1.165) is 16.0 Å². The monoisotopic (exact) mass is 448 g/mol. The summed E-state index contributed by atoms with van der Waals surface area (Å²) >= 11 is 10.0. The van der Waals surface area contributed by atoms with Crippen LogP contribution in [0.3, 0.4) is 0 Å². The molecule has 9 heteroatoms. The second-order valence-electron chi connectivity index (χ2n) is 2.75. The van der Waals surface area contributed by atoms with Gasteiger partial charge < -0.3 is 0 Å². The lowest BCUT2D eigenvalue weighted by Crippen LogP contribution is -2.17. The molecule has 0 saturated carbocycles. The van der Waals surface area contributed by atoms with Crippen molar-refractivity contribution in [1.82, 2.24) is 9.97 Å². The van der Waals surface area contributed by atoms with Crippen molar-refractivity contribution in [3.8, 4) is 0 Å². The van der Waals surface area contributed by atoms with Crippen LogP contribution < -0.4 is 0 Å². The number of hydrogen-bond donors (Lipinski definition) is 0. The van der Waals surface area contributed by atoms with Crippen molar-refractivity contribution >= 4 is 79.3 Å². The zero-order valence-corrected chi connectivity index (χ0v) is 13.8.